The quantitative estimate of drug-likeness (QED) is 0.843. The number of nitrogens with two attached hydrogens (primary N) is 1. The van der Waals surface area contributed by atoms with Crippen molar-refractivity contribution in [3.63, 3.8) is 0 Å². The Morgan fingerprint density at radius 1 is 1.22 bits per heavy atom. The molecule has 0 saturated heterocycles. The Labute approximate surface area is 107 Å². The first-order valence-electron chi connectivity index (χ1n) is 6.16. The van der Waals surface area contributed by atoms with Crippen LogP contribution in [0.4, 0.5) is 5.82 Å². The van der Waals surface area contributed by atoms with Crippen LogP contribution >= 0.6 is 0 Å². The SMILES string of the molecule is CCc1cc(NC(CN)c2ccccc2)ncn1. The van der Waals surface area contributed by atoms with Gasteiger partial charge in [-0.15, -0.1) is 0 Å². The summed E-state index contributed by atoms with van der Waals surface area (Å²) in [4.78, 5) is 8.40. The molecule has 0 saturated carbocycles. The van der Waals surface area contributed by atoms with E-state index >= 15 is 0 Å². The third kappa shape index (κ3) is 3.05. The summed E-state index contributed by atoms with van der Waals surface area (Å²) in [5.41, 5.74) is 8.01. The third-order valence-corrected chi connectivity index (χ3v) is 2.85. The monoisotopic (exact) mass is 242 g/mol. The second kappa shape index (κ2) is 6.12. The van der Waals surface area contributed by atoms with Gasteiger partial charge in [-0.05, 0) is 12.0 Å². The van der Waals surface area contributed by atoms with E-state index in [9.17, 15) is 0 Å². The summed E-state index contributed by atoms with van der Waals surface area (Å²) in [5, 5.41) is 3.34. The van der Waals surface area contributed by atoms with Gasteiger partial charge in [0.05, 0.1) is 6.04 Å². The molecule has 1 atom stereocenters. The molecule has 1 aromatic heterocycles. The first-order valence-corrected chi connectivity index (χ1v) is 6.16. The minimum atomic E-state index is 0.0748. The van der Waals surface area contributed by atoms with Gasteiger partial charge in [0.15, 0.2) is 0 Å². The Morgan fingerprint density at radius 3 is 2.67 bits per heavy atom. The summed E-state index contributed by atoms with van der Waals surface area (Å²) in [6.45, 7) is 2.60. The van der Waals surface area contributed by atoms with E-state index in [4.69, 9.17) is 5.73 Å². The maximum Gasteiger partial charge on any atom is 0.130 e. The molecule has 4 nitrogen and oxygen atoms in total. The van der Waals surface area contributed by atoms with Gasteiger partial charge in [-0.2, -0.15) is 0 Å². The molecule has 0 spiro atoms. The molecule has 0 aliphatic rings. The van der Waals surface area contributed by atoms with E-state index in [1.807, 2.05) is 24.3 Å². The first kappa shape index (κ1) is 12.5. The number of hydrogen-bond donors (Lipinski definition) is 2. The number of rotatable bonds is 5. The Hall–Kier alpha value is -1.94. The van der Waals surface area contributed by atoms with Crippen LogP contribution in [-0.4, -0.2) is 16.5 Å². The fourth-order valence-corrected chi connectivity index (χ4v) is 1.81. The van der Waals surface area contributed by atoms with E-state index in [0.29, 0.717) is 6.54 Å². The minimum absolute atomic E-state index is 0.0748. The highest BCUT2D eigenvalue weighted by Gasteiger charge is 2.09. The van der Waals surface area contributed by atoms with Crippen molar-refractivity contribution in [2.45, 2.75) is 19.4 Å². The van der Waals surface area contributed by atoms with E-state index < -0.39 is 0 Å². The molecule has 1 heterocycles. The van der Waals surface area contributed by atoms with E-state index in [1.54, 1.807) is 6.33 Å². The maximum absolute atomic E-state index is 5.82. The molecule has 18 heavy (non-hydrogen) atoms. The molecular weight excluding hydrogens is 224 g/mol. The fraction of sp³-hybridized carbons (Fsp3) is 0.286. The molecule has 94 valence electrons. The molecule has 1 unspecified atom stereocenters. The molecule has 0 bridgehead atoms. The Bertz CT molecular complexity index is 484. The van der Waals surface area contributed by atoms with E-state index in [1.165, 1.54) is 0 Å². The molecule has 0 radical (unpaired) electrons. The molecule has 1 aromatic carbocycles. The van der Waals surface area contributed by atoms with Gasteiger partial charge in [-0.1, -0.05) is 37.3 Å². The highest BCUT2D eigenvalue weighted by atomic mass is 15.0. The summed E-state index contributed by atoms with van der Waals surface area (Å²) < 4.78 is 0. The summed E-state index contributed by atoms with van der Waals surface area (Å²) in [6, 6.07) is 12.2. The van der Waals surface area contributed by atoms with Crippen LogP contribution in [0.2, 0.25) is 0 Å². The van der Waals surface area contributed by atoms with Crippen molar-refractivity contribution in [3.8, 4) is 0 Å². The topological polar surface area (TPSA) is 63.8 Å². The van der Waals surface area contributed by atoms with Gasteiger partial charge in [0.2, 0.25) is 0 Å². The van der Waals surface area contributed by atoms with Gasteiger partial charge in [0, 0.05) is 18.3 Å². The molecule has 4 heteroatoms. The van der Waals surface area contributed by atoms with Crippen molar-refractivity contribution in [1.82, 2.24) is 9.97 Å². The van der Waals surface area contributed by atoms with Crippen molar-refractivity contribution >= 4 is 5.82 Å². The zero-order chi connectivity index (χ0) is 12.8. The van der Waals surface area contributed by atoms with Crippen LogP contribution in [-0.2, 0) is 6.42 Å². The van der Waals surface area contributed by atoms with E-state index in [-0.39, 0.29) is 6.04 Å². The molecule has 2 aromatic rings. The van der Waals surface area contributed by atoms with Gasteiger partial charge < -0.3 is 11.1 Å². The van der Waals surface area contributed by atoms with Crippen molar-refractivity contribution < 1.29 is 0 Å². The summed E-state index contributed by atoms with van der Waals surface area (Å²) in [7, 11) is 0. The second-order valence-corrected chi connectivity index (χ2v) is 4.09. The number of anilines is 1. The van der Waals surface area contributed by atoms with Gasteiger partial charge in [0.25, 0.3) is 0 Å². The van der Waals surface area contributed by atoms with Gasteiger partial charge in [-0.25, -0.2) is 9.97 Å². The maximum atomic E-state index is 5.82. The third-order valence-electron chi connectivity index (χ3n) is 2.85. The van der Waals surface area contributed by atoms with Crippen molar-refractivity contribution in [2.75, 3.05) is 11.9 Å². The highest BCUT2D eigenvalue weighted by Crippen LogP contribution is 2.17. The molecule has 3 N–H and O–H groups in total. The summed E-state index contributed by atoms with van der Waals surface area (Å²) in [5.74, 6) is 0.821. The second-order valence-electron chi connectivity index (χ2n) is 4.09. The lowest BCUT2D eigenvalue weighted by Crippen LogP contribution is -2.21. The molecule has 0 aliphatic heterocycles. The average Bonchev–Trinajstić information content (AvgIpc) is 2.46. The number of nitrogens with one attached hydrogen (secondary N) is 1. The van der Waals surface area contributed by atoms with E-state index in [2.05, 4.69) is 34.3 Å². The lowest BCUT2D eigenvalue weighted by Gasteiger charge is -2.18. The number of hydrogen-bond acceptors (Lipinski definition) is 4. The first-order chi connectivity index (χ1) is 8.83. The van der Waals surface area contributed by atoms with Crippen LogP contribution in [0.1, 0.15) is 24.2 Å². The van der Waals surface area contributed by atoms with Gasteiger partial charge in [0.1, 0.15) is 12.1 Å². The molecule has 0 amide bonds. The molecule has 0 aliphatic carbocycles. The van der Waals surface area contributed by atoms with Crippen LogP contribution in [0, 0.1) is 0 Å². The summed E-state index contributed by atoms with van der Waals surface area (Å²) in [6.07, 6.45) is 2.48. The number of aromatic nitrogens is 2. The predicted octanol–water partition coefficient (Wildman–Crippen LogP) is 2.15. The minimum Gasteiger partial charge on any atom is -0.362 e. The zero-order valence-corrected chi connectivity index (χ0v) is 10.5. The van der Waals surface area contributed by atoms with Crippen LogP contribution in [0.15, 0.2) is 42.7 Å². The Balaban J connectivity index is 2.15. The van der Waals surface area contributed by atoms with Crippen molar-refractivity contribution in [1.29, 1.82) is 0 Å². The van der Waals surface area contributed by atoms with Crippen LogP contribution in [0.25, 0.3) is 0 Å². The predicted molar refractivity (Wildman–Crippen MR) is 73.3 cm³/mol. The molecule has 2 rings (SSSR count). The zero-order valence-electron chi connectivity index (χ0n) is 10.5. The van der Waals surface area contributed by atoms with Gasteiger partial charge >= 0.3 is 0 Å². The summed E-state index contributed by atoms with van der Waals surface area (Å²) >= 11 is 0. The molecular formula is C14H18N4. The molecule has 0 fully saturated rings. The lowest BCUT2D eigenvalue weighted by molar-refractivity contribution is 0.781. The lowest BCUT2D eigenvalue weighted by atomic mass is 10.1. The van der Waals surface area contributed by atoms with Gasteiger partial charge in [-0.3, -0.25) is 0 Å². The fourth-order valence-electron chi connectivity index (χ4n) is 1.81. The standard InChI is InChI=1S/C14H18N4/c1-2-12-8-14(17-10-16-12)18-13(9-15)11-6-4-3-5-7-11/h3-8,10,13H,2,9,15H2,1H3,(H,16,17,18). The Kier molecular flexibility index (Phi) is 4.25. The smallest absolute Gasteiger partial charge is 0.130 e. The number of nitrogens with zero attached hydrogens (tertiary/aromatic N) is 2. The Morgan fingerprint density at radius 2 is 2.00 bits per heavy atom. The average molecular weight is 242 g/mol. The largest absolute Gasteiger partial charge is 0.362 e. The van der Waals surface area contributed by atoms with Crippen molar-refractivity contribution in [3.05, 3.63) is 54.0 Å². The highest BCUT2D eigenvalue weighted by molar-refractivity contribution is 5.39. The number of aryl methyl sites for hydroxylation is 1. The normalized spacial score (nSPS) is 12.1. The number of benzene rings is 1. The van der Waals surface area contributed by atoms with Crippen molar-refractivity contribution in [2.24, 2.45) is 5.73 Å². The van der Waals surface area contributed by atoms with Crippen LogP contribution in [0.5, 0.6) is 0 Å². The van der Waals surface area contributed by atoms with Crippen LogP contribution < -0.4 is 11.1 Å². The van der Waals surface area contributed by atoms with Crippen LogP contribution in [0.3, 0.4) is 0 Å². The van der Waals surface area contributed by atoms with E-state index in [0.717, 1.165) is 23.5 Å².